The summed E-state index contributed by atoms with van der Waals surface area (Å²) in [6.07, 6.45) is 10.2. The second-order valence-corrected chi connectivity index (χ2v) is 7.65. The molecule has 0 aliphatic heterocycles. The third kappa shape index (κ3) is 6.64. The topological polar surface area (TPSA) is 77.0 Å². The van der Waals surface area contributed by atoms with Crippen LogP contribution < -0.4 is 10.1 Å². The second-order valence-electron chi connectivity index (χ2n) is 6.82. The third-order valence-corrected chi connectivity index (χ3v) is 5.26. The van der Waals surface area contributed by atoms with Crippen molar-refractivity contribution in [1.29, 1.82) is 0 Å². The molecule has 0 radical (unpaired) electrons. The number of aromatic nitrogens is 3. The van der Waals surface area contributed by atoms with Crippen LogP contribution in [0.3, 0.4) is 0 Å². The van der Waals surface area contributed by atoms with E-state index in [0.717, 1.165) is 34.5 Å². The number of amides is 1. The number of carbonyl (C=O) groups is 1. The monoisotopic (exact) mass is 410 g/mol. The molecule has 7 heteroatoms. The Hall–Kier alpha value is -2.80. The van der Waals surface area contributed by atoms with Crippen LogP contribution in [-0.4, -0.2) is 27.8 Å². The molecular formula is C22H26N4O2S. The number of unbranched alkanes of at least 4 members (excludes halogenated alkanes) is 5. The van der Waals surface area contributed by atoms with Crippen molar-refractivity contribution in [2.24, 2.45) is 0 Å². The zero-order valence-corrected chi connectivity index (χ0v) is 17.5. The van der Waals surface area contributed by atoms with Crippen molar-refractivity contribution in [2.45, 2.75) is 45.4 Å². The van der Waals surface area contributed by atoms with E-state index in [1.807, 2.05) is 24.3 Å². The first-order valence-electron chi connectivity index (χ1n) is 10.0. The van der Waals surface area contributed by atoms with Crippen LogP contribution in [0.2, 0.25) is 0 Å². The summed E-state index contributed by atoms with van der Waals surface area (Å²) in [5.74, 6) is 0.504. The molecule has 152 valence electrons. The maximum absolute atomic E-state index is 12.0. The molecule has 6 nitrogen and oxygen atoms in total. The second kappa shape index (κ2) is 11.3. The van der Waals surface area contributed by atoms with Crippen LogP contribution in [-0.2, 0) is 0 Å². The summed E-state index contributed by atoms with van der Waals surface area (Å²) in [6.45, 7) is 2.84. The fourth-order valence-electron chi connectivity index (χ4n) is 2.99. The molecule has 0 saturated heterocycles. The van der Waals surface area contributed by atoms with Gasteiger partial charge in [-0.2, -0.15) is 0 Å². The van der Waals surface area contributed by atoms with Gasteiger partial charge in [-0.15, -0.1) is 10.2 Å². The zero-order chi connectivity index (χ0) is 20.3. The Morgan fingerprint density at radius 2 is 1.86 bits per heavy atom. The van der Waals surface area contributed by atoms with E-state index in [9.17, 15) is 4.79 Å². The molecule has 0 aliphatic rings. The van der Waals surface area contributed by atoms with Crippen molar-refractivity contribution in [3.63, 3.8) is 0 Å². The van der Waals surface area contributed by atoms with Crippen LogP contribution in [0.4, 0.5) is 4.79 Å². The summed E-state index contributed by atoms with van der Waals surface area (Å²) < 4.78 is 5.43. The summed E-state index contributed by atoms with van der Waals surface area (Å²) in [5, 5.41) is 11.6. The Morgan fingerprint density at radius 1 is 1.03 bits per heavy atom. The number of ether oxygens (including phenoxy) is 1. The molecule has 3 rings (SSSR count). The molecular weight excluding hydrogens is 384 g/mol. The van der Waals surface area contributed by atoms with Crippen molar-refractivity contribution < 1.29 is 9.53 Å². The predicted octanol–water partition coefficient (Wildman–Crippen LogP) is 5.72. The van der Waals surface area contributed by atoms with Crippen LogP contribution in [0.1, 0.15) is 45.4 Å². The highest BCUT2D eigenvalue weighted by Gasteiger charge is 2.08. The Bertz CT molecular complexity index is 899. The van der Waals surface area contributed by atoms with Gasteiger partial charge < -0.3 is 10.1 Å². The standard InChI is InChI=1S/C22H26N4O2S/c1-2-3-4-5-6-7-11-24-22(27)28-20-10-8-9-17(13-20)18-12-19(15-23-14-18)21-26-25-16-29-21/h8-10,12-16H,2-7,11H2,1H3,(H,24,27). The van der Waals surface area contributed by atoms with Crippen LogP contribution in [0, 0.1) is 0 Å². The molecule has 0 unspecified atom stereocenters. The summed E-state index contributed by atoms with van der Waals surface area (Å²) in [6, 6.07) is 9.44. The lowest BCUT2D eigenvalue weighted by Crippen LogP contribution is -2.27. The number of rotatable bonds is 10. The summed E-state index contributed by atoms with van der Waals surface area (Å²) in [5.41, 5.74) is 4.45. The van der Waals surface area contributed by atoms with E-state index in [-0.39, 0.29) is 0 Å². The van der Waals surface area contributed by atoms with Gasteiger partial charge in [0, 0.05) is 30.1 Å². The van der Waals surface area contributed by atoms with E-state index < -0.39 is 6.09 Å². The van der Waals surface area contributed by atoms with Crippen molar-refractivity contribution in [3.05, 3.63) is 48.2 Å². The van der Waals surface area contributed by atoms with E-state index in [1.165, 1.54) is 37.0 Å². The fraction of sp³-hybridized carbons (Fsp3) is 0.364. The first-order chi connectivity index (χ1) is 14.3. The number of carbonyl (C=O) groups excluding carboxylic acids is 1. The van der Waals surface area contributed by atoms with E-state index in [2.05, 4.69) is 27.4 Å². The molecule has 0 fully saturated rings. The first-order valence-corrected chi connectivity index (χ1v) is 10.9. The fourth-order valence-corrected chi connectivity index (χ4v) is 3.53. The van der Waals surface area contributed by atoms with Crippen LogP contribution >= 0.6 is 11.3 Å². The molecule has 3 aromatic rings. The van der Waals surface area contributed by atoms with Crippen molar-refractivity contribution in [2.75, 3.05) is 6.54 Å². The molecule has 1 N–H and O–H groups in total. The number of nitrogens with zero attached hydrogens (tertiary/aromatic N) is 3. The molecule has 1 amide bonds. The molecule has 0 spiro atoms. The Kier molecular flexibility index (Phi) is 8.12. The summed E-state index contributed by atoms with van der Waals surface area (Å²) in [7, 11) is 0. The highest BCUT2D eigenvalue weighted by Crippen LogP contribution is 2.28. The van der Waals surface area contributed by atoms with Gasteiger partial charge in [-0.3, -0.25) is 4.98 Å². The minimum absolute atomic E-state index is 0.420. The van der Waals surface area contributed by atoms with Gasteiger partial charge in [0.25, 0.3) is 0 Å². The van der Waals surface area contributed by atoms with Crippen molar-refractivity contribution in [1.82, 2.24) is 20.5 Å². The van der Waals surface area contributed by atoms with Gasteiger partial charge in [0.1, 0.15) is 16.3 Å². The Balaban J connectivity index is 1.53. The van der Waals surface area contributed by atoms with E-state index in [0.29, 0.717) is 12.3 Å². The lowest BCUT2D eigenvalue weighted by Gasteiger charge is -2.09. The SMILES string of the molecule is CCCCCCCCNC(=O)Oc1cccc(-c2cncc(-c3nncs3)c2)c1. The summed E-state index contributed by atoms with van der Waals surface area (Å²) >= 11 is 1.47. The highest BCUT2D eigenvalue weighted by atomic mass is 32.1. The van der Waals surface area contributed by atoms with Gasteiger partial charge in [-0.25, -0.2) is 4.79 Å². The molecule has 0 atom stereocenters. The molecule has 1 aromatic carbocycles. The van der Waals surface area contributed by atoms with Crippen LogP contribution in [0.5, 0.6) is 5.75 Å². The zero-order valence-electron chi connectivity index (χ0n) is 16.6. The maximum Gasteiger partial charge on any atom is 0.412 e. The third-order valence-electron chi connectivity index (χ3n) is 4.52. The average molecular weight is 411 g/mol. The minimum atomic E-state index is -0.420. The molecule has 0 saturated carbocycles. The first kappa shape index (κ1) is 20.9. The lowest BCUT2D eigenvalue weighted by molar-refractivity contribution is 0.200. The quantitative estimate of drug-likeness (QED) is 0.433. The van der Waals surface area contributed by atoms with Gasteiger partial charge >= 0.3 is 6.09 Å². The summed E-state index contributed by atoms with van der Waals surface area (Å²) in [4.78, 5) is 16.3. The molecule has 29 heavy (non-hydrogen) atoms. The van der Waals surface area contributed by atoms with E-state index in [4.69, 9.17) is 4.74 Å². The van der Waals surface area contributed by atoms with Gasteiger partial charge in [-0.1, -0.05) is 62.5 Å². The number of pyridine rings is 1. The molecule has 0 aliphatic carbocycles. The van der Waals surface area contributed by atoms with Gasteiger partial charge in [0.05, 0.1) is 0 Å². The number of nitrogens with one attached hydrogen (secondary N) is 1. The van der Waals surface area contributed by atoms with Gasteiger partial charge in [0.2, 0.25) is 0 Å². The number of hydrogen-bond donors (Lipinski definition) is 1. The van der Waals surface area contributed by atoms with E-state index in [1.54, 1.807) is 24.0 Å². The Morgan fingerprint density at radius 3 is 2.69 bits per heavy atom. The van der Waals surface area contributed by atoms with Crippen molar-refractivity contribution in [3.8, 4) is 27.4 Å². The largest absolute Gasteiger partial charge is 0.412 e. The van der Waals surface area contributed by atoms with Gasteiger partial charge in [-0.05, 0) is 30.2 Å². The van der Waals surface area contributed by atoms with Crippen LogP contribution in [0.15, 0.2) is 48.2 Å². The average Bonchev–Trinajstić information content (AvgIpc) is 3.28. The lowest BCUT2D eigenvalue weighted by atomic mass is 10.1. The molecule has 2 aromatic heterocycles. The number of benzene rings is 1. The minimum Gasteiger partial charge on any atom is -0.410 e. The predicted molar refractivity (Wildman–Crippen MR) is 116 cm³/mol. The van der Waals surface area contributed by atoms with Crippen molar-refractivity contribution >= 4 is 17.4 Å². The smallest absolute Gasteiger partial charge is 0.410 e. The van der Waals surface area contributed by atoms with Gasteiger partial charge in [0.15, 0.2) is 0 Å². The molecule has 0 bridgehead atoms. The molecule has 2 heterocycles. The number of hydrogen-bond acceptors (Lipinski definition) is 6. The Labute approximate surface area is 175 Å². The normalized spacial score (nSPS) is 10.7. The van der Waals surface area contributed by atoms with E-state index >= 15 is 0 Å². The highest BCUT2D eigenvalue weighted by molar-refractivity contribution is 7.12. The maximum atomic E-state index is 12.0. The van der Waals surface area contributed by atoms with Crippen LogP contribution in [0.25, 0.3) is 21.7 Å².